The summed E-state index contributed by atoms with van der Waals surface area (Å²) in [5, 5.41) is 23.8. The molecule has 1 aromatic carbocycles. The zero-order valence-corrected chi connectivity index (χ0v) is 20.4. The Morgan fingerprint density at radius 2 is 1.81 bits per heavy atom. The molecule has 0 aliphatic carbocycles. The van der Waals surface area contributed by atoms with Crippen LogP contribution >= 0.6 is 0 Å². The molecule has 172 valence electrons. The minimum atomic E-state index is -0.535. The Kier molecular flexibility index (Phi) is 6.13. The Bertz CT molecular complexity index is 1160. The lowest BCUT2D eigenvalue weighted by Crippen LogP contribution is -2.18. The topological polar surface area (TPSA) is 109 Å². The molecule has 0 atom stereocenters. The van der Waals surface area contributed by atoms with Crippen LogP contribution in [0.5, 0.6) is 0 Å². The van der Waals surface area contributed by atoms with Gasteiger partial charge in [0.2, 0.25) is 0 Å². The van der Waals surface area contributed by atoms with E-state index in [0.29, 0.717) is 22.7 Å². The molecule has 9 nitrogen and oxygen atoms in total. The highest BCUT2D eigenvalue weighted by atomic mass is 16.6. The van der Waals surface area contributed by atoms with Gasteiger partial charge in [-0.25, -0.2) is 4.79 Å². The number of aromatic nitrogens is 4. The number of fused-ring (bicyclic) bond motifs is 1. The fraction of sp³-hybridized carbons (Fsp3) is 0.522. The average Bonchev–Trinajstić information content (AvgIpc) is 3.19. The molecular formula is C23H33N7O2. The number of carbonyl (C=O) groups excluding carboxylic acids is 1. The third kappa shape index (κ3) is 4.98. The highest BCUT2D eigenvalue weighted by Gasteiger charge is 2.26. The van der Waals surface area contributed by atoms with Gasteiger partial charge >= 0.3 is 6.09 Å². The van der Waals surface area contributed by atoms with Gasteiger partial charge in [-0.1, -0.05) is 47.6 Å². The van der Waals surface area contributed by atoms with Gasteiger partial charge < -0.3 is 4.74 Å². The molecule has 9 heteroatoms. The van der Waals surface area contributed by atoms with Crippen LogP contribution in [0.4, 0.5) is 21.9 Å². The first-order valence-corrected chi connectivity index (χ1v) is 10.8. The third-order valence-corrected chi connectivity index (χ3v) is 4.90. The van der Waals surface area contributed by atoms with Crippen molar-refractivity contribution in [1.82, 2.24) is 19.8 Å². The molecule has 0 radical (unpaired) electrons. The number of hydrogen-bond acceptors (Lipinski definition) is 6. The van der Waals surface area contributed by atoms with Crippen LogP contribution in [0.2, 0.25) is 0 Å². The van der Waals surface area contributed by atoms with Gasteiger partial charge in [0.15, 0.2) is 11.3 Å². The van der Waals surface area contributed by atoms with E-state index in [0.717, 1.165) is 17.1 Å². The number of anilines is 1. The summed E-state index contributed by atoms with van der Waals surface area (Å²) >= 11 is 0. The molecule has 3 aromatic rings. The first kappa shape index (κ1) is 23.4. The van der Waals surface area contributed by atoms with Crippen molar-refractivity contribution < 1.29 is 9.53 Å². The van der Waals surface area contributed by atoms with Crippen molar-refractivity contribution in [3.63, 3.8) is 0 Å². The van der Waals surface area contributed by atoms with Gasteiger partial charge in [-0.2, -0.15) is 14.7 Å². The van der Waals surface area contributed by atoms with E-state index in [4.69, 9.17) is 9.84 Å². The number of ether oxygens (including phenoxy) is 1. The highest BCUT2D eigenvalue weighted by molar-refractivity contribution is 5.89. The smallest absolute Gasteiger partial charge is 0.411 e. The fourth-order valence-electron chi connectivity index (χ4n) is 3.17. The summed E-state index contributed by atoms with van der Waals surface area (Å²) in [5.74, 6) is 0.737. The molecule has 32 heavy (non-hydrogen) atoms. The van der Waals surface area contributed by atoms with Crippen LogP contribution < -0.4 is 5.32 Å². The van der Waals surface area contributed by atoms with Gasteiger partial charge in [0.05, 0.1) is 17.5 Å². The molecule has 0 unspecified atom stereocenters. The number of aromatic amines is 1. The van der Waals surface area contributed by atoms with E-state index in [1.165, 1.54) is 0 Å². The number of azo groups is 1. The van der Waals surface area contributed by atoms with Gasteiger partial charge in [-0.15, -0.1) is 10.2 Å². The van der Waals surface area contributed by atoms with Gasteiger partial charge in [-0.3, -0.25) is 10.4 Å². The molecule has 2 heterocycles. The first-order valence-electron chi connectivity index (χ1n) is 10.8. The first-order chi connectivity index (χ1) is 14.8. The number of aryl methyl sites for hydroxylation is 1. The van der Waals surface area contributed by atoms with Crippen molar-refractivity contribution >= 4 is 28.8 Å². The van der Waals surface area contributed by atoms with E-state index in [-0.39, 0.29) is 16.9 Å². The lowest BCUT2D eigenvalue weighted by Gasteiger charge is -2.20. The lowest BCUT2D eigenvalue weighted by atomic mass is 9.86. The van der Waals surface area contributed by atoms with E-state index in [1.807, 2.05) is 25.1 Å². The van der Waals surface area contributed by atoms with Crippen LogP contribution in [0.25, 0.3) is 5.65 Å². The lowest BCUT2D eigenvalue weighted by molar-refractivity contribution is 0.130. The molecule has 0 aliphatic rings. The molecule has 0 saturated heterocycles. The Balaban J connectivity index is 2.10. The standard InChI is InChI=1S/C23H33N7O2/c1-13(2)32-21(31)24-16-11-10-15(22(4,5)6)12-17(16)26-27-18-19(23(7,8)9)29-30-14(3)25-28-20(18)30/h10-13,28H,1-9H3,(H,24,31). The molecule has 0 fully saturated rings. The van der Waals surface area contributed by atoms with E-state index in [2.05, 4.69) is 67.3 Å². The number of carbonyl (C=O) groups is 1. The van der Waals surface area contributed by atoms with E-state index in [1.54, 1.807) is 18.4 Å². The maximum atomic E-state index is 12.2. The monoisotopic (exact) mass is 439 g/mol. The summed E-state index contributed by atoms with van der Waals surface area (Å²) in [6, 6.07) is 5.74. The average molecular weight is 440 g/mol. The van der Waals surface area contributed by atoms with Crippen molar-refractivity contribution in [1.29, 1.82) is 0 Å². The van der Waals surface area contributed by atoms with E-state index < -0.39 is 6.09 Å². The third-order valence-electron chi connectivity index (χ3n) is 4.90. The molecule has 1 amide bonds. The molecule has 2 aromatic heterocycles. The second-order valence-electron chi connectivity index (χ2n) is 10.2. The van der Waals surface area contributed by atoms with Crippen molar-refractivity contribution in [3.8, 4) is 0 Å². The maximum Gasteiger partial charge on any atom is 0.411 e. The summed E-state index contributed by atoms with van der Waals surface area (Å²) in [5.41, 5.74) is 3.89. The van der Waals surface area contributed by atoms with Crippen LogP contribution in [0.1, 0.15) is 72.5 Å². The number of benzene rings is 1. The van der Waals surface area contributed by atoms with Gasteiger partial charge in [-0.05, 0) is 43.9 Å². The second-order valence-corrected chi connectivity index (χ2v) is 10.2. The van der Waals surface area contributed by atoms with Crippen LogP contribution in [0.15, 0.2) is 28.4 Å². The van der Waals surface area contributed by atoms with Crippen molar-refractivity contribution in [2.75, 3.05) is 5.32 Å². The Morgan fingerprint density at radius 1 is 1.12 bits per heavy atom. The highest BCUT2D eigenvalue weighted by Crippen LogP contribution is 2.37. The summed E-state index contributed by atoms with van der Waals surface area (Å²) in [6.45, 7) is 18.1. The van der Waals surface area contributed by atoms with Gasteiger partial charge in [0.1, 0.15) is 11.5 Å². The number of hydrogen-bond donors (Lipinski definition) is 2. The SMILES string of the molecule is Cc1n[nH]c2c(N=Nc3cc(C(C)(C)C)ccc3NC(=O)OC(C)C)c(C(C)(C)C)nn12. The summed E-state index contributed by atoms with van der Waals surface area (Å²) in [6.07, 6.45) is -0.764. The minimum absolute atomic E-state index is 0.0940. The molecule has 2 N–H and O–H groups in total. The number of amides is 1. The number of H-pyrrole nitrogens is 1. The van der Waals surface area contributed by atoms with Crippen LogP contribution in [-0.2, 0) is 15.6 Å². The summed E-state index contributed by atoms with van der Waals surface area (Å²) < 4.78 is 6.97. The van der Waals surface area contributed by atoms with Crippen molar-refractivity contribution in [2.24, 2.45) is 10.2 Å². The summed E-state index contributed by atoms with van der Waals surface area (Å²) in [4.78, 5) is 12.2. The normalized spacial score (nSPS) is 12.8. The predicted molar refractivity (Wildman–Crippen MR) is 125 cm³/mol. The zero-order chi connectivity index (χ0) is 23.8. The number of nitrogens with one attached hydrogen (secondary N) is 2. The van der Waals surface area contributed by atoms with E-state index >= 15 is 0 Å². The quantitative estimate of drug-likeness (QED) is 0.463. The van der Waals surface area contributed by atoms with Crippen LogP contribution in [0.3, 0.4) is 0 Å². The maximum absolute atomic E-state index is 12.2. The van der Waals surface area contributed by atoms with Crippen molar-refractivity contribution in [2.45, 2.75) is 79.2 Å². The molecule has 0 bridgehead atoms. The van der Waals surface area contributed by atoms with Gasteiger partial charge in [0.25, 0.3) is 0 Å². The number of nitrogens with zero attached hydrogens (tertiary/aromatic N) is 5. The van der Waals surface area contributed by atoms with Crippen molar-refractivity contribution in [3.05, 3.63) is 35.3 Å². The molecule has 0 aliphatic heterocycles. The van der Waals surface area contributed by atoms with E-state index in [9.17, 15) is 4.79 Å². The largest absolute Gasteiger partial charge is 0.447 e. The molecule has 0 saturated carbocycles. The number of rotatable bonds is 4. The predicted octanol–water partition coefficient (Wildman–Crippen LogP) is 6.33. The fourth-order valence-corrected chi connectivity index (χ4v) is 3.17. The second kappa shape index (κ2) is 8.37. The summed E-state index contributed by atoms with van der Waals surface area (Å²) in [7, 11) is 0. The molecular weight excluding hydrogens is 406 g/mol. The minimum Gasteiger partial charge on any atom is -0.447 e. The Hall–Kier alpha value is -3.23. The Morgan fingerprint density at radius 3 is 2.41 bits per heavy atom. The van der Waals surface area contributed by atoms with Crippen LogP contribution in [0, 0.1) is 6.92 Å². The zero-order valence-electron chi connectivity index (χ0n) is 20.4. The molecule has 3 rings (SSSR count). The molecule has 0 spiro atoms. The van der Waals surface area contributed by atoms with Crippen LogP contribution in [-0.4, -0.2) is 32.0 Å². The van der Waals surface area contributed by atoms with Gasteiger partial charge in [0, 0.05) is 5.41 Å². The Labute approximate surface area is 188 Å².